The van der Waals surface area contributed by atoms with Crippen LogP contribution in [0.1, 0.15) is 19.4 Å². The van der Waals surface area contributed by atoms with Crippen LogP contribution in [0.15, 0.2) is 24.4 Å². The van der Waals surface area contributed by atoms with E-state index < -0.39 is 15.1 Å². The van der Waals surface area contributed by atoms with Gasteiger partial charge in [-0.1, -0.05) is 6.07 Å². The zero-order valence-electron chi connectivity index (χ0n) is 10.6. The van der Waals surface area contributed by atoms with Crippen molar-refractivity contribution in [3.63, 3.8) is 0 Å². The SMILES string of the molecule is CC(C)S(=O)(=O)Cc1cn(C)c2cccc(F)c12. The number of hydrogen-bond donors (Lipinski definition) is 0. The Morgan fingerprint density at radius 1 is 1.33 bits per heavy atom. The van der Waals surface area contributed by atoms with Crippen molar-refractivity contribution in [2.75, 3.05) is 0 Å². The smallest absolute Gasteiger partial charge is 0.156 e. The van der Waals surface area contributed by atoms with Gasteiger partial charge in [0, 0.05) is 18.6 Å². The summed E-state index contributed by atoms with van der Waals surface area (Å²) in [4.78, 5) is 0. The largest absolute Gasteiger partial charge is 0.350 e. The van der Waals surface area contributed by atoms with E-state index in [0.717, 1.165) is 0 Å². The maximum atomic E-state index is 13.8. The Hall–Kier alpha value is -1.36. The number of nitrogens with zero attached hydrogens (tertiary/aromatic N) is 1. The average Bonchev–Trinajstić information content (AvgIpc) is 2.56. The molecule has 0 radical (unpaired) electrons. The summed E-state index contributed by atoms with van der Waals surface area (Å²) in [5.74, 6) is -0.495. The molecule has 0 atom stereocenters. The van der Waals surface area contributed by atoms with E-state index >= 15 is 0 Å². The number of hydrogen-bond acceptors (Lipinski definition) is 2. The third-order valence-corrected chi connectivity index (χ3v) is 5.27. The molecule has 3 nitrogen and oxygen atoms in total. The van der Waals surface area contributed by atoms with Gasteiger partial charge >= 0.3 is 0 Å². The van der Waals surface area contributed by atoms with Crippen LogP contribution in [-0.2, 0) is 22.6 Å². The fraction of sp³-hybridized carbons (Fsp3) is 0.385. The average molecular weight is 269 g/mol. The highest BCUT2D eigenvalue weighted by Gasteiger charge is 2.20. The molecule has 0 aliphatic carbocycles. The summed E-state index contributed by atoms with van der Waals surface area (Å²) in [6.45, 7) is 3.27. The van der Waals surface area contributed by atoms with Crippen LogP contribution in [0.2, 0.25) is 0 Å². The molecule has 0 saturated heterocycles. The predicted octanol–water partition coefficient (Wildman–Crippen LogP) is 2.64. The molecule has 2 rings (SSSR count). The van der Waals surface area contributed by atoms with Crippen LogP contribution in [0.25, 0.3) is 10.9 Å². The van der Waals surface area contributed by atoms with Crippen molar-refractivity contribution in [2.24, 2.45) is 7.05 Å². The third-order valence-electron chi connectivity index (χ3n) is 3.12. The second-order valence-corrected chi connectivity index (χ2v) is 7.31. The first-order valence-corrected chi connectivity index (χ1v) is 7.48. The number of aryl methyl sites for hydroxylation is 1. The molecule has 0 bridgehead atoms. The molecule has 5 heteroatoms. The molecule has 0 spiro atoms. The van der Waals surface area contributed by atoms with Gasteiger partial charge < -0.3 is 4.57 Å². The number of sulfone groups is 1. The first-order valence-electron chi connectivity index (χ1n) is 5.77. The van der Waals surface area contributed by atoms with E-state index in [4.69, 9.17) is 0 Å². The summed E-state index contributed by atoms with van der Waals surface area (Å²) in [6.07, 6.45) is 1.69. The Labute approximate surface area is 106 Å². The summed E-state index contributed by atoms with van der Waals surface area (Å²) in [7, 11) is -1.44. The maximum Gasteiger partial charge on any atom is 0.156 e. The van der Waals surface area contributed by atoms with Crippen LogP contribution in [-0.4, -0.2) is 18.2 Å². The highest BCUT2D eigenvalue weighted by atomic mass is 32.2. The van der Waals surface area contributed by atoms with Crippen LogP contribution < -0.4 is 0 Å². The standard InChI is InChI=1S/C13H16FNO2S/c1-9(2)18(16,17)8-10-7-15(3)12-6-4-5-11(14)13(10)12/h4-7,9H,8H2,1-3H3. The van der Waals surface area contributed by atoms with Crippen molar-refractivity contribution >= 4 is 20.7 Å². The molecule has 0 fully saturated rings. The van der Waals surface area contributed by atoms with E-state index in [2.05, 4.69) is 0 Å². The summed E-state index contributed by atoms with van der Waals surface area (Å²) in [5.41, 5.74) is 1.24. The lowest BCUT2D eigenvalue weighted by molar-refractivity contribution is 0.586. The topological polar surface area (TPSA) is 39.1 Å². The van der Waals surface area contributed by atoms with Gasteiger partial charge in [0.05, 0.1) is 16.5 Å². The maximum absolute atomic E-state index is 13.8. The Bertz CT molecular complexity index is 686. The van der Waals surface area contributed by atoms with E-state index in [9.17, 15) is 12.8 Å². The number of benzene rings is 1. The monoisotopic (exact) mass is 269 g/mol. The first kappa shape index (κ1) is 13.1. The van der Waals surface area contributed by atoms with Crippen LogP contribution in [0.3, 0.4) is 0 Å². The van der Waals surface area contributed by atoms with Gasteiger partial charge in [0.15, 0.2) is 9.84 Å². The molecule has 2 aromatic rings. The molecule has 1 aromatic carbocycles. The first-order chi connectivity index (χ1) is 8.33. The summed E-state index contributed by atoms with van der Waals surface area (Å²) in [6, 6.07) is 4.76. The van der Waals surface area contributed by atoms with Crippen LogP contribution >= 0.6 is 0 Å². The summed E-state index contributed by atoms with van der Waals surface area (Å²) >= 11 is 0. The minimum atomic E-state index is -3.23. The van der Waals surface area contributed by atoms with Gasteiger partial charge in [-0.05, 0) is 31.5 Å². The molecule has 0 saturated carbocycles. The lowest BCUT2D eigenvalue weighted by atomic mass is 10.2. The van der Waals surface area contributed by atoms with E-state index in [1.807, 2.05) is 0 Å². The molecular formula is C13H16FNO2S. The molecule has 98 valence electrons. The third kappa shape index (κ3) is 2.14. The normalized spacial score (nSPS) is 12.5. The van der Waals surface area contributed by atoms with Crippen LogP contribution in [0.5, 0.6) is 0 Å². The number of aromatic nitrogens is 1. The molecule has 0 N–H and O–H groups in total. The second-order valence-electron chi connectivity index (χ2n) is 4.76. The second kappa shape index (κ2) is 4.39. The van der Waals surface area contributed by atoms with Gasteiger partial charge in [0.25, 0.3) is 0 Å². The minimum absolute atomic E-state index is 0.122. The molecule has 1 aromatic heterocycles. The van der Waals surface area contributed by atoms with Crippen molar-refractivity contribution < 1.29 is 12.8 Å². The van der Waals surface area contributed by atoms with Crippen molar-refractivity contribution in [2.45, 2.75) is 24.9 Å². The Morgan fingerprint density at radius 3 is 2.61 bits per heavy atom. The molecule has 0 unspecified atom stereocenters. The summed E-state index contributed by atoms with van der Waals surface area (Å²) < 4.78 is 39.4. The van der Waals surface area contributed by atoms with Crippen LogP contribution in [0, 0.1) is 5.82 Å². The van der Waals surface area contributed by atoms with Gasteiger partial charge in [0.1, 0.15) is 5.82 Å². The molecule has 1 heterocycles. The molecule has 0 aliphatic rings. The minimum Gasteiger partial charge on any atom is -0.350 e. The molecule has 0 aliphatic heterocycles. The van der Waals surface area contributed by atoms with E-state index in [-0.39, 0.29) is 11.6 Å². The van der Waals surface area contributed by atoms with Crippen molar-refractivity contribution in [3.8, 4) is 0 Å². The van der Waals surface area contributed by atoms with Crippen molar-refractivity contribution in [1.82, 2.24) is 4.57 Å². The van der Waals surface area contributed by atoms with Gasteiger partial charge in [0.2, 0.25) is 0 Å². The van der Waals surface area contributed by atoms with Crippen LogP contribution in [0.4, 0.5) is 4.39 Å². The van der Waals surface area contributed by atoms with Gasteiger partial charge in [-0.3, -0.25) is 0 Å². The van der Waals surface area contributed by atoms with Gasteiger partial charge in [-0.25, -0.2) is 12.8 Å². The van der Waals surface area contributed by atoms with E-state index in [1.165, 1.54) is 6.07 Å². The highest BCUT2D eigenvalue weighted by molar-refractivity contribution is 7.91. The van der Waals surface area contributed by atoms with E-state index in [0.29, 0.717) is 16.5 Å². The Morgan fingerprint density at radius 2 is 2.00 bits per heavy atom. The van der Waals surface area contributed by atoms with Crippen molar-refractivity contribution in [3.05, 3.63) is 35.8 Å². The van der Waals surface area contributed by atoms with Gasteiger partial charge in [-0.15, -0.1) is 0 Å². The predicted molar refractivity (Wildman–Crippen MR) is 70.6 cm³/mol. The van der Waals surface area contributed by atoms with Crippen molar-refractivity contribution in [1.29, 1.82) is 0 Å². The summed E-state index contributed by atoms with van der Waals surface area (Å²) in [5, 5.41) is -0.0521. The number of halogens is 1. The van der Waals surface area contributed by atoms with E-state index in [1.54, 1.807) is 43.8 Å². The zero-order chi connectivity index (χ0) is 13.5. The number of fused-ring (bicyclic) bond motifs is 1. The Balaban J connectivity index is 2.60. The fourth-order valence-corrected chi connectivity index (χ4v) is 2.97. The molecule has 0 amide bonds. The Kier molecular flexibility index (Phi) is 3.19. The molecular weight excluding hydrogens is 253 g/mol. The lowest BCUT2D eigenvalue weighted by Crippen LogP contribution is -2.15. The highest BCUT2D eigenvalue weighted by Crippen LogP contribution is 2.26. The van der Waals surface area contributed by atoms with Gasteiger partial charge in [-0.2, -0.15) is 0 Å². The lowest BCUT2D eigenvalue weighted by Gasteiger charge is -2.06. The quantitative estimate of drug-likeness (QED) is 0.859. The zero-order valence-corrected chi connectivity index (χ0v) is 11.5. The molecule has 18 heavy (non-hydrogen) atoms. The fourth-order valence-electron chi connectivity index (χ4n) is 1.99. The number of rotatable bonds is 3.